The molecule has 0 heterocycles. The summed E-state index contributed by atoms with van der Waals surface area (Å²) in [6.45, 7) is 9.11. The van der Waals surface area contributed by atoms with E-state index in [4.69, 9.17) is 4.74 Å². The monoisotopic (exact) mass is 731 g/mol. The first-order chi connectivity index (χ1) is 26.9. The highest BCUT2D eigenvalue weighted by molar-refractivity contribution is 5.90. The Morgan fingerprint density at radius 2 is 0.818 bits per heavy atom. The molecule has 2 aliphatic rings. The molecule has 4 heteroatoms. The second-order valence-electron chi connectivity index (χ2n) is 15.9. The maximum Gasteiger partial charge on any atom is 0.150 e. The van der Waals surface area contributed by atoms with Gasteiger partial charge >= 0.3 is 0 Å². The van der Waals surface area contributed by atoms with Crippen molar-refractivity contribution >= 4 is 29.6 Å². The molecule has 0 radical (unpaired) electrons. The van der Waals surface area contributed by atoms with Crippen LogP contribution in [0, 0.1) is 0 Å². The number of aldehydes is 2. The summed E-state index contributed by atoms with van der Waals surface area (Å²) in [7, 11) is 1.72. The van der Waals surface area contributed by atoms with Crippen molar-refractivity contribution in [3.63, 3.8) is 0 Å². The first-order valence-corrected chi connectivity index (χ1v) is 20.8. The van der Waals surface area contributed by atoms with Gasteiger partial charge in [0.25, 0.3) is 0 Å². The largest absolute Gasteiger partial charge is 0.497 e. The van der Waals surface area contributed by atoms with E-state index in [0.717, 1.165) is 124 Å². The standard InChI is InChI=1S/C51H57NO3/c1-6-10-26-50(27-11-7-2)46-30-36(34-53)14-22-42(46)44-24-18-39(32-48(44)50)52(38-16-20-41(55-5)21-17-38)40-19-25-45-43-23-15-37(35-54)31-47(43)51(28-12-8-3,29-13-9-4)49(45)33-40/h14-25,30-35H,6-13,26-29H2,1-5H3. The first kappa shape index (κ1) is 38.3. The van der Waals surface area contributed by atoms with Crippen LogP contribution in [-0.4, -0.2) is 19.7 Å². The summed E-state index contributed by atoms with van der Waals surface area (Å²) in [5.41, 5.74) is 14.9. The minimum atomic E-state index is -0.164. The molecule has 0 bridgehead atoms. The van der Waals surface area contributed by atoms with Crippen molar-refractivity contribution in [2.24, 2.45) is 0 Å². The van der Waals surface area contributed by atoms with Crippen molar-refractivity contribution in [1.29, 1.82) is 0 Å². The molecule has 5 aromatic rings. The van der Waals surface area contributed by atoms with Crippen molar-refractivity contribution in [3.8, 4) is 28.0 Å². The Balaban J connectivity index is 1.45. The summed E-state index contributed by atoms with van der Waals surface area (Å²) >= 11 is 0. The molecule has 0 fully saturated rings. The molecule has 7 rings (SSSR count). The van der Waals surface area contributed by atoms with E-state index in [1.54, 1.807) is 7.11 Å². The van der Waals surface area contributed by atoms with Gasteiger partial charge in [0.2, 0.25) is 0 Å². The van der Waals surface area contributed by atoms with Crippen LogP contribution in [0.5, 0.6) is 5.75 Å². The molecule has 0 atom stereocenters. The third kappa shape index (κ3) is 6.72. The van der Waals surface area contributed by atoms with Gasteiger partial charge in [0.1, 0.15) is 18.3 Å². The number of anilines is 3. The number of hydrogen-bond donors (Lipinski definition) is 0. The minimum Gasteiger partial charge on any atom is -0.497 e. The molecule has 0 amide bonds. The molecule has 5 aromatic carbocycles. The van der Waals surface area contributed by atoms with E-state index in [1.165, 1.54) is 44.5 Å². The van der Waals surface area contributed by atoms with E-state index in [0.29, 0.717) is 0 Å². The summed E-state index contributed by atoms with van der Waals surface area (Å²) in [6.07, 6.45) is 15.2. The number of unbranched alkanes of at least 4 members (excludes halogenated alkanes) is 4. The highest BCUT2D eigenvalue weighted by Crippen LogP contribution is 2.58. The number of carbonyl (C=O) groups is 2. The van der Waals surface area contributed by atoms with Crippen molar-refractivity contribution < 1.29 is 14.3 Å². The molecule has 0 aliphatic heterocycles. The molecule has 0 aromatic heterocycles. The van der Waals surface area contributed by atoms with Gasteiger partial charge in [-0.05, 0) is 131 Å². The number of rotatable bonds is 18. The summed E-state index contributed by atoms with van der Waals surface area (Å²) in [4.78, 5) is 26.7. The van der Waals surface area contributed by atoms with Crippen molar-refractivity contribution in [1.82, 2.24) is 0 Å². The van der Waals surface area contributed by atoms with E-state index in [9.17, 15) is 9.59 Å². The van der Waals surface area contributed by atoms with Gasteiger partial charge < -0.3 is 9.64 Å². The topological polar surface area (TPSA) is 46.6 Å². The van der Waals surface area contributed by atoms with Gasteiger partial charge in [-0.15, -0.1) is 0 Å². The molecule has 0 spiro atoms. The van der Waals surface area contributed by atoms with Crippen LogP contribution in [0.1, 0.15) is 148 Å². The zero-order chi connectivity index (χ0) is 38.6. The summed E-state index contributed by atoms with van der Waals surface area (Å²) < 4.78 is 5.63. The van der Waals surface area contributed by atoms with E-state index in [2.05, 4.69) is 118 Å². The van der Waals surface area contributed by atoms with Crippen molar-refractivity contribution in [3.05, 3.63) is 130 Å². The normalized spacial score (nSPS) is 14.1. The molecule has 0 saturated carbocycles. The Hall–Kier alpha value is -4.96. The number of methoxy groups -OCH3 is 1. The van der Waals surface area contributed by atoms with Gasteiger partial charge in [0, 0.05) is 39.0 Å². The lowest BCUT2D eigenvalue weighted by atomic mass is 9.70. The number of carbonyl (C=O) groups excluding carboxylic acids is 2. The number of nitrogens with zero attached hydrogens (tertiary/aromatic N) is 1. The molecule has 2 aliphatic carbocycles. The average molecular weight is 732 g/mol. The molecule has 55 heavy (non-hydrogen) atoms. The van der Waals surface area contributed by atoms with Crippen molar-refractivity contribution in [2.75, 3.05) is 12.0 Å². The number of benzene rings is 5. The quantitative estimate of drug-likeness (QED) is 0.0842. The average Bonchev–Trinajstić information content (AvgIpc) is 3.66. The summed E-state index contributed by atoms with van der Waals surface area (Å²) in [6, 6.07) is 35.3. The summed E-state index contributed by atoms with van der Waals surface area (Å²) in [5, 5.41) is 0. The summed E-state index contributed by atoms with van der Waals surface area (Å²) in [5.74, 6) is 0.825. The van der Waals surface area contributed by atoms with Gasteiger partial charge in [-0.3, -0.25) is 9.59 Å². The number of ether oxygens (including phenoxy) is 1. The van der Waals surface area contributed by atoms with Crippen LogP contribution in [0.2, 0.25) is 0 Å². The van der Waals surface area contributed by atoms with Gasteiger partial charge in [0.05, 0.1) is 7.11 Å². The Kier molecular flexibility index (Phi) is 11.4. The van der Waals surface area contributed by atoms with Crippen molar-refractivity contribution in [2.45, 2.75) is 116 Å². The second kappa shape index (κ2) is 16.4. The van der Waals surface area contributed by atoms with Crippen LogP contribution < -0.4 is 9.64 Å². The molecule has 0 unspecified atom stereocenters. The fourth-order valence-electron chi connectivity index (χ4n) is 9.85. The van der Waals surface area contributed by atoms with Gasteiger partial charge in [-0.1, -0.05) is 115 Å². The lowest BCUT2D eigenvalue weighted by Gasteiger charge is -2.35. The van der Waals surface area contributed by atoms with E-state index < -0.39 is 0 Å². The van der Waals surface area contributed by atoms with Gasteiger partial charge in [-0.2, -0.15) is 0 Å². The van der Waals surface area contributed by atoms with E-state index in [-0.39, 0.29) is 10.8 Å². The predicted octanol–water partition coefficient (Wildman–Crippen LogP) is 14.1. The van der Waals surface area contributed by atoms with E-state index >= 15 is 0 Å². The highest BCUT2D eigenvalue weighted by atomic mass is 16.5. The van der Waals surface area contributed by atoms with Crippen LogP contribution in [0.25, 0.3) is 22.3 Å². The Bertz CT molecular complexity index is 2020. The molecule has 4 nitrogen and oxygen atoms in total. The van der Waals surface area contributed by atoms with Crippen LogP contribution in [0.15, 0.2) is 97.1 Å². The lowest BCUT2D eigenvalue weighted by Crippen LogP contribution is -2.26. The maximum atomic E-state index is 12.1. The lowest BCUT2D eigenvalue weighted by molar-refractivity contribution is 0.111. The van der Waals surface area contributed by atoms with Gasteiger partial charge in [-0.25, -0.2) is 0 Å². The molecular formula is C51H57NO3. The molecular weight excluding hydrogens is 675 g/mol. The maximum absolute atomic E-state index is 12.1. The molecule has 0 N–H and O–H groups in total. The van der Waals surface area contributed by atoms with Gasteiger partial charge in [0.15, 0.2) is 0 Å². The second-order valence-corrected chi connectivity index (χ2v) is 15.9. The Labute approximate surface area is 329 Å². The van der Waals surface area contributed by atoms with Crippen LogP contribution in [0.4, 0.5) is 17.1 Å². The van der Waals surface area contributed by atoms with Crippen LogP contribution in [-0.2, 0) is 10.8 Å². The predicted molar refractivity (Wildman–Crippen MR) is 229 cm³/mol. The zero-order valence-electron chi connectivity index (χ0n) is 33.5. The Morgan fingerprint density at radius 3 is 1.16 bits per heavy atom. The third-order valence-corrected chi connectivity index (χ3v) is 12.7. The fraction of sp³-hybridized carbons (Fsp3) is 0.373. The highest BCUT2D eigenvalue weighted by Gasteiger charge is 2.44. The molecule has 284 valence electrons. The third-order valence-electron chi connectivity index (χ3n) is 12.7. The smallest absolute Gasteiger partial charge is 0.150 e. The van der Waals surface area contributed by atoms with Crippen LogP contribution >= 0.6 is 0 Å². The number of fused-ring (bicyclic) bond motifs is 6. The van der Waals surface area contributed by atoms with E-state index in [1.807, 2.05) is 12.1 Å². The zero-order valence-corrected chi connectivity index (χ0v) is 33.5. The van der Waals surface area contributed by atoms with Crippen LogP contribution in [0.3, 0.4) is 0 Å². The minimum absolute atomic E-state index is 0.164. The number of hydrogen-bond acceptors (Lipinski definition) is 4. The molecule has 0 saturated heterocycles. The first-order valence-electron chi connectivity index (χ1n) is 20.8. The fourth-order valence-corrected chi connectivity index (χ4v) is 9.85. The Morgan fingerprint density at radius 1 is 0.473 bits per heavy atom. The SMILES string of the molecule is CCCCC1(CCCC)c2cc(C=O)ccc2-c2ccc(N(c3ccc(OC)cc3)c3ccc4c(c3)C(CCCC)(CCCC)c3cc(C=O)ccc3-4)cc21.